The van der Waals surface area contributed by atoms with Crippen molar-refractivity contribution in [2.45, 2.75) is 19.8 Å². The highest BCUT2D eigenvalue weighted by Gasteiger charge is 2.14. The van der Waals surface area contributed by atoms with Gasteiger partial charge >= 0.3 is 5.97 Å². The van der Waals surface area contributed by atoms with E-state index in [0.717, 1.165) is 5.56 Å². The molecule has 0 spiro atoms. The molecular formula is C27H23FN2O4. The first-order valence-corrected chi connectivity index (χ1v) is 10.7. The number of aromatic nitrogens is 1. The first-order valence-electron chi connectivity index (χ1n) is 10.7. The average molecular weight is 458 g/mol. The first kappa shape index (κ1) is 22.9. The van der Waals surface area contributed by atoms with Crippen molar-refractivity contribution in [2.75, 3.05) is 11.9 Å². The molecule has 0 aliphatic carbocycles. The van der Waals surface area contributed by atoms with Gasteiger partial charge in [0.1, 0.15) is 11.6 Å². The summed E-state index contributed by atoms with van der Waals surface area (Å²) in [4.78, 5) is 30.6. The van der Waals surface area contributed by atoms with Crippen molar-refractivity contribution in [1.82, 2.24) is 4.98 Å². The molecule has 1 heterocycles. The summed E-state index contributed by atoms with van der Waals surface area (Å²) in [6.45, 7) is 1.97. The van der Waals surface area contributed by atoms with E-state index in [4.69, 9.17) is 9.15 Å². The average Bonchev–Trinajstić information content (AvgIpc) is 3.32. The smallest absolute Gasteiger partial charge is 0.311 e. The van der Waals surface area contributed by atoms with Gasteiger partial charge in [0.25, 0.3) is 5.91 Å². The van der Waals surface area contributed by atoms with E-state index < -0.39 is 5.97 Å². The van der Waals surface area contributed by atoms with Crippen LogP contribution in [0.3, 0.4) is 0 Å². The van der Waals surface area contributed by atoms with Crippen LogP contribution in [0.25, 0.3) is 11.3 Å². The van der Waals surface area contributed by atoms with Gasteiger partial charge in [0, 0.05) is 30.3 Å². The molecule has 1 aromatic heterocycles. The fraction of sp³-hybridized carbons (Fsp3) is 0.148. The van der Waals surface area contributed by atoms with Crippen LogP contribution in [0.5, 0.6) is 5.75 Å². The summed E-state index contributed by atoms with van der Waals surface area (Å²) in [5.41, 5.74) is 3.06. The Balaban J connectivity index is 1.30. The van der Waals surface area contributed by atoms with Crippen molar-refractivity contribution in [3.8, 4) is 17.1 Å². The molecule has 0 radical (unpaired) electrons. The molecule has 0 saturated carbocycles. The molecule has 1 amide bonds. The summed E-state index contributed by atoms with van der Waals surface area (Å²) in [5.74, 6) is 0.383. The normalized spacial score (nSPS) is 10.7. The topological polar surface area (TPSA) is 72.6 Å². The standard InChI is InChI=1S/C27H23FN2O4/c1-18-3-5-20(6-4-18)27(32)30(2)22-11-13-23(14-12-22)33-26(31)16-15-25-29-17-24(34-25)19-7-9-21(28)10-8-19/h3-14,17H,15-16H2,1-2H3. The van der Waals surface area contributed by atoms with E-state index in [1.54, 1.807) is 61.8 Å². The number of anilines is 1. The molecule has 7 heteroatoms. The lowest BCUT2D eigenvalue weighted by Gasteiger charge is -2.18. The summed E-state index contributed by atoms with van der Waals surface area (Å²) in [5, 5.41) is 0. The summed E-state index contributed by atoms with van der Waals surface area (Å²) >= 11 is 0. The Morgan fingerprint density at radius 2 is 1.65 bits per heavy atom. The molecule has 0 aliphatic rings. The molecule has 34 heavy (non-hydrogen) atoms. The molecule has 172 valence electrons. The van der Waals surface area contributed by atoms with Crippen molar-refractivity contribution >= 4 is 17.6 Å². The third-order valence-electron chi connectivity index (χ3n) is 5.28. The van der Waals surface area contributed by atoms with E-state index in [0.29, 0.717) is 34.2 Å². The second-order valence-corrected chi connectivity index (χ2v) is 7.82. The molecule has 0 fully saturated rings. The molecule has 0 atom stereocenters. The zero-order valence-electron chi connectivity index (χ0n) is 18.8. The summed E-state index contributed by atoms with van der Waals surface area (Å²) in [6.07, 6.45) is 1.89. The Bertz CT molecular complexity index is 1280. The molecular weight excluding hydrogens is 435 g/mol. The molecule has 0 saturated heterocycles. The summed E-state index contributed by atoms with van der Waals surface area (Å²) < 4.78 is 24.1. The van der Waals surface area contributed by atoms with Crippen LogP contribution in [-0.4, -0.2) is 23.9 Å². The minimum Gasteiger partial charge on any atom is -0.441 e. The van der Waals surface area contributed by atoms with Crippen LogP contribution >= 0.6 is 0 Å². The van der Waals surface area contributed by atoms with E-state index in [1.807, 2.05) is 19.1 Å². The lowest BCUT2D eigenvalue weighted by Crippen LogP contribution is -2.26. The van der Waals surface area contributed by atoms with Crippen molar-refractivity contribution < 1.29 is 23.1 Å². The van der Waals surface area contributed by atoms with Crippen LogP contribution in [0.2, 0.25) is 0 Å². The number of oxazole rings is 1. The molecule has 0 aliphatic heterocycles. The van der Waals surface area contributed by atoms with E-state index in [-0.39, 0.29) is 24.6 Å². The van der Waals surface area contributed by atoms with Crippen molar-refractivity contribution in [3.05, 3.63) is 102 Å². The fourth-order valence-electron chi connectivity index (χ4n) is 3.31. The van der Waals surface area contributed by atoms with Crippen molar-refractivity contribution in [2.24, 2.45) is 0 Å². The monoisotopic (exact) mass is 458 g/mol. The molecule has 3 aromatic carbocycles. The third kappa shape index (κ3) is 5.56. The number of esters is 1. The number of benzene rings is 3. The van der Waals surface area contributed by atoms with Gasteiger partial charge < -0.3 is 14.1 Å². The number of amides is 1. The van der Waals surface area contributed by atoms with E-state index in [9.17, 15) is 14.0 Å². The van der Waals surface area contributed by atoms with E-state index in [2.05, 4.69) is 4.98 Å². The van der Waals surface area contributed by atoms with Gasteiger partial charge in [0.15, 0.2) is 11.7 Å². The second kappa shape index (κ2) is 10.1. The van der Waals surface area contributed by atoms with Crippen LogP contribution < -0.4 is 9.64 Å². The minimum absolute atomic E-state index is 0.0803. The van der Waals surface area contributed by atoms with Crippen LogP contribution in [0.15, 0.2) is 83.4 Å². The highest BCUT2D eigenvalue weighted by atomic mass is 19.1. The minimum atomic E-state index is -0.432. The number of rotatable bonds is 7. The number of aryl methyl sites for hydroxylation is 2. The predicted molar refractivity (Wildman–Crippen MR) is 126 cm³/mol. The van der Waals surface area contributed by atoms with Gasteiger partial charge in [-0.15, -0.1) is 0 Å². The van der Waals surface area contributed by atoms with E-state index >= 15 is 0 Å². The van der Waals surface area contributed by atoms with Gasteiger partial charge in [0.05, 0.1) is 12.6 Å². The number of nitrogens with zero attached hydrogens (tertiary/aromatic N) is 2. The summed E-state index contributed by atoms with van der Waals surface area (Å²) in [6, 6.07) is 20.0. The Labute approximate surface area is 196 Å². The van der Waals surface area contributed by atoms with Crippen molar-refractivity contribution in [3.63, 3.8) is 0 Å². The zero-order valence-corrected chi connectivity index (χ0v) is 18.8. The lowest BCUT2D eigenvalue weighted by molar-refractivity contribution is -0.134. The van der Waals surface area contributed by atoms with Gasteiger partial charge in [-0.3, -0.25) is 9.59 Å². The largest absolute Gasteiger partial charge is 0.441 e. The quantitative estimate of drug-likeness (QED) is 0.266. The van der Waals surface area contributed by atoms with Gasteiger partial charge in [-0.05, 0) is 67.6 Å². The molecule has 0 unspecified atom stereocenters. The van der Waals surface area contributed by atoms with Crippen LogP contribution in [-0.2, 0) is 11.2 Å². The summed E-state index contributed by atoms with van der Waals surface area (Å²) in [7, 11) is 1.69. The number of ether oxygens (including phenoxy) is 1. The van der Waals surface area contributed by atoms with Crippen LogP contribution in [0.1, 0.15) is 28.2 Å². The Kier molecular flexibility index (Phi) is 6.82. The van der Waals surface area contributed by atoms with Crippen molar-refractivity contribution in [1.29, 1.82) is 0 Å². The van der Waals surface area contributed by atoms with Crippen LogP contribution in [0, 0.1) is 12.7 Å². The molecule has 0 bridgehead atoms. The van der Waals surface area contributed by atoms with E-state index in [1.165, 1.54) is 17.0 Å². The number of halogens is 1. The first-order chi connectivity index (χ1) is 16.4. The molecule has 6 nitrogen and oxygen atoms in total. The molecule has 4 rings (SSSR count). The number of hydrogen-bond acceptors (Lipinski definition) is 5. The highest BCUT2D eigenvalue weighted by molar-refractivity contribution is 6.05. The molecule has 4 aromatic rings. The maximum atomic E-state index is 13.1. The number of hydrogen-bond donors (Lipinski definition) is 0. The Hall–Kier alpha value is -4.26. The van der Waals surface area contributed by atoms with Gasteiger partial charge in [-0.2, -0.15) is 0 Å². The molecule has 0 N–H and O–H groups in total. The Morgan fingerprint density at radius 1 is 0.971 bits per heavy atom. The maximum Gasteiger partial charge on any atom is 0.311 e. The Morgan fingerprint density at radius 3 is 2.32 bits per heavy atom. The SMILES string of the molecule is Cc1ccc(C(=O)N(C)c2ccc(OC(=O)CCc3ncc(-c4ccc(F)cc4)o3)cc2)cc1. The van der Waals surface area contributed by atoms with Crippen LogP contribution in [0.4, 0.5) is 10.1 Å². The maximum absolute atomic E-state index is 13.1. The lowest BCUT2D eigenvalue weighted by atomic mass is 10.1. The van der Waals surface area contributed by atoms with Gasteiger partial charge in [0.2, 0.25) is 0 Å². The van der Waals surface area contributed by atoms with Gasteiger partial charge in [-0.25, -0.2) is 9.37 Å². The highest BCUT2D eigenvalue weighted by Crippen LogP contribution is 2.23. The third-order valence-corrected chi connectivity index (χ3v) is 5.28. The number of carbonyl (C=O) groups excluding carboxylic acids is 2. The predicted octanol–water partition coefficient (Wildman–Crippen LogP) is 5.60. The van der Waals surface area contributed by atoms with Gasteiger partial charge in [-0.1, -0.05) is 17.7 Å². The number of carbonyl (C=O) groups is 2. The second-order valence-electron chi connectivity index (χ2n) is 7.82. The fourth-order valence-corrected chi connectivity index (χ4v) is 3.31. The zero-order chi connectivity index (χ0) is 24.1.